The normalized spacial score (nSPS) is 13.0. The molecule has 0 aromatic heterocycles. The first-order valence-corrected chi connectivity index (χ1v) is 5.16. The Balaban J connectivity index is 3.10. The Kier molecular flexibility index (Phi) is 3.13. The molecular formula is C10H10F3I. The average molecular weight is 314 g/mol. The van der Waals surface area contributed by atoms with Crippen LogP contribution in [0.2, 0.25) is 0 Å². The second kappa shape index (κ2) is 3.72. The molecule has 14 heavy (non-hydrogen) atoms. The van der Waals surface area contributed by atoms with Crippen molar-refractivity contribution in [1.82, 2.24) is 0 Å². The van der Waals surface area contributed by atoms with E-state index in [0.717, 1.165) is 3.57 Å². The summed E-state index contributed by atoms with van der Waals surface area (Å²) in [4.78, 5) is 0. The Bertz CT molecular complexity index is 311. The van der Waals surface area contributed by atoms with Crippen molar-refractivity contribution < 1.29 is 13.2 Å². The van der Waals surface area contributed by atoms with E-state index in [1.807, 2.05) is 0 Å². The lowest BCUT2D eigenvalue weighted by Gasteiger charge is -2.28. The Morgan fingerprint density at radius 1 is 1.00 bits per heavy atom. The van der Waals surface area contributed by atoms with Gasteiger partial charge in [-0.1, -0.05) is 12.1 Å². The lowest BCUT2D eigenvalue weighted by Crippen LogP contribution is -2.36. The first kappa shape index (κ1) is 11.8. The highest BCUT2D eigenvalue weighted by Gasteiger charge is 2.48. The molecule has 0 aliphatic rings. The van der Waals surface area contributed by atoms with E-state index in [9.17, 15) is 13.2 Å². The fraction of sp³-hybridized carbons (Fsp3) is 0.400. The summed E-state index contributed by atoms with van der Waals surface area (Å²) in [5.74, 6) is 0. The largest absolute Gasteiger partial charge is 0.397 e. The molecule has 0 aliphatic heterocycles. The van der Waals surface area contributed by atoms with Gasteiger partial charge in [-0.3, -0.25) is 0 Å². The lowest BCUT2D eigenvalue weighted by atomic mass is 9.84. The molecule has 1 aromatic carbocycles. The molecule has 0 bridgehead atoms. The second-order valence-electron chi connectivity index (χ2n) is 3.63. The molecule has 1 rings (SSSR count). The molecule has 0 aliphatic carbocycles. The molecule has 0 fully saturated rings. The van der Waals surface area contributed by atoms with Crippen LogP contribution in [-0.2, 0) is 5.41 Å². The quantitative estimate of drug-likeness (QED) is 0.684. The molecule has 0 heterocycles. The van der Waals surface area contributed by atoms with Crippen LogP contribution in [0.3, 0.4) is 0 Å². The number of hydrogen-bond donors (Lipinski definition) is 0. The van der Waals surface area contributed by atoms with E-state index in [-0.39, 0.29) is 0 Å². The first-order chi connectivity index (χ1) is 6.25. The number of rotatable bonds is 1. The summed E-state index contributed by atoms with van der Waals surface area (Å²) in [5.41, 5.74) is -1.48. The van der Waals surface area contributed by atoms with Gasteiger partial charge in [-0.25, -0.2) is 0 Å². The van der Waals surface area contributed by atoms with Gasteiger partial charge in [-0.2, -0.15) is 13.2 Å². The van der Waals surface area contributed by atoms with Gasteiger partial charge in [0.25, 0.3) is 0 Å². The predicted molar refractivity (Wildman–Crippen MR) is 58.2 cm³/mol. The van der Waals surface area contributed by atoms with Crippen LogP contribution < -0.4 is 0 Å². The van der Waals surface area contributed by atoms with E-state index in [1.54, 1.807) is 12.1 Å². The molecular weight excluding hydrogens is 304 g/mol. The third-order valence-electron chi connectivity index (χ3n) is 2.27. The van der Waals surface area contributed by atoms with Crippen molar-refractivity contribution in [2.75, 3.05) is 0 Å². The van der Waals surface area contributed by atoms with E-state index < -0.39 is 11.6 Å². The van der Waals surface area contributed by atoms with Crippen LogP contribution in [0.15, 0.2) is 24.3 Å². The molecule has 0 radical (unpaired) electrons. The van der Waals surface area contributed by atoms with Gasteiger partial charge in [0, 0.05) is 3.57 Å². The number of benzene rings is 1. The van der Waals surface area contributed by atoms with Gasteiger partial charge in [0.1, 0.15) is 0 Å². The molecule has 4 heteroatoms. The molecule has 0 unspecified atom stereocenters. The number of alkyl halides is 3. The fourth-order valence-electron chi connectivity index (χ4n) is 1.03. The SMILES string of the molecule is CC(C)(c1ccc(I)cc1)C(F)(F)F. The van der Waals surface area contributed by atoms with Gasteiger partial charge < -0.3 is 0 Å². The minimum atomic E-state index is -4.21. The lowest BCUT2D eigenvalue weighted by molar-refractivity contribution is -0.180. The van der Waals surface area contributed by atoms with Crippen LogP contribution >= 0.6 is 22.6 Å². The summed E-state index contributed by atoms with van der Waals surface area (Å²) in [6.07, 6.45) is -4.21. The Morgan fingerprint density at radius 3 is 1.79 bits per heavy atom. The van der Waals surface area contributed by atoms with Crippen LogP contribution in [0.1, 0.15) is 19.4 Å². The van der Waals surface area contributed by atoms with Gasteiger partial charge in [-0.15, -0.1) is 0 Å². The van der Waals surface area contributed by atoms with Crippen LogP contribution in [0.25, 0.3) is 0 Å². The summed E-state index contributed by atoms with van der Waals surface area (Å²) in [6.45, 7) is 2.38. The van der Waals surface area contributed by atoms with Crippen molar-refractivity contribution in [3.8, 4) is 0 Å². The van der Waals surface area contributed by atoms with Gasteiger partial charge >= 0.3 is 6.18 Å². The highest BCUT2D eigenvalue weighted by atomic mass is 127. The Hall–Kier alpha value is -0.260. The molecule has 0 amide bonds. The van der Waals surface area contributed by atoms with Gasteiger partial charge in [0.2, 0.25) is 0 Å². The maximum absolute atomic E-state index is 12.6. The van der Waals surface area contributed by atoms with Crippen molar-refractivity contribution >= 4 is 22.6 Å². The van der Waals surface area contributed by atoms with E-state index in [2.05, 4.69) is 22.6 Å². The smallest absolute Gasteiger partial charge is 0.170 e. The van der Waals surface area contributed by atoms with Crippen LogP contribution in [0.4, 0.5) is 13.2 Å². The molecule has 78 valence electrons. The van der Waals surface area contributed by atoms with E-state index >= 15 is 0 Å². The summed E-state index contributed by atoms with van der Waals surface area (Å²) in [7, 11) is 0. The summed E-state index contributed by atoms with van der Waals surface area (Å²) < 4.78 is 38.8. The van der Waals surface area contributed by atoms with Crippen molar-refractivity contribution in [2.45, 2.75) is 25.4 Å². The van der Waals surface area contributed by atoms with Crippen molar-refractivity contribution in [2.24, 2.45) is 0 Å². The number of halogens is 4. The highest BCUT2D eigenvalue weighted by Crippen LogP contribution is 2.40. The van der Waals surface area contributed by atoms with Gasteiger partial charge in [0.15, 0.2) is 0 Å². The molecule has 0 nitrogen and oxygen atoms in total. The molecule has 0 spiro atoms. The van der Waals surface area contributed by atoms with Crippen molar-refractivity contribution in [3.63, 3.8) is 0 Å². The predicted octanol–water partition coefficient (Wildman–Crippen LogP) is 4.13. The molecule has 0 N–H and O–H groups in total. The minimum Gasteiger partial charge on any atom is -0.170 e. The van der Waals surface area contributed by atoms with Gasteiger partial charge in [0.05, 0.1) is 5.41 Å². The highest BCUT2D eigenvalue weighted by molar-refractivity contribution is 14.1. The van der Waals surface area contributed by atoms with E-state index in [1.165, 1.54) is 26.0 Å². The van der Waals surface area contributed by atoms with Crippen molar-refractivity contribution in [1.29, 1.82) is 0 Å². The summed E-state index contributed by atoms with van der Waals surface area (Å²) >= 11 is 2.06. The minimum absolute atomic E-state index is 0.297. The third kappa shape index (κ3) is 2.21. The summed E-state index contributed by atoms with van der Waals surface area (Å²) in [5, 5.41) is 0. The first-order valence-electron chi connectivity index (χ1n) is 4.08. The Labute approximate surface area is 94.6 Å². The second-order valence-corrected chi connectivity index (χ2v) is 4.88. The maximum atomic E-state index is 12.6. The molecule has 0 saturated carbocycles. The maximum Gasteiger partial charge on any atom is 0.397 e. The van der Waals surface area contributed by atoms with Gasteiger partial charge in [-0.05, 0) is 54.1 Å². The fourth-order valence-corrected chi connectivity index (χ4v) is 1.39. The molecule has 0 saturated heterocycles. The molecule has 1 aromatic rings. The monoisotopic (exact) mass is 314 g/mol. The standard InChI is InChI=1S/C10H10F3I/c1-9(2,10(11,12)13)7-3-5-8(14)6-4-7/h3-6H,1-2H3. The van der Waals surface area contributed by atoms with Crippen LogP contribution in [0.5, 0.6) is 0 Å². The number of hydrogen-bond acceptors (Lipinski definition) is 0. The van der Waals surface area contributed by atoms with E-state index in [4.69, 9.17) is 0 Å². The zero-order valence-corrected chi connectivity index (χ0v) is 9.98. The zero-order valence-electron chi connectivity index (χ0n) is 7.82. The zero-order chi connectivity index (χ0) is 11.0. The van der Waals surface area contributed by atoms with Crippen LogP contribution in [0, 0.1) is 3.57 Å². The van der Waals surface area contributed by atoms with E-state index in [0.29, 0.717) is 5.56 Å². The topological polar surface area (TPSA) is 0 Å². The van der Waals surface area contributed by atoms with Crippen LogP contribution in [-0.4, -0.2) is 6.18 Å². The average Bonchev–Trinajstić information content (AvgIpc) is 2.03. The Morgan fingerprint density at radius 2 is 1.43 bits per heavy atom. The third-order valence-corrected chi connectivity index (χ3v) is 2.99. The summed E-state index contributed by atoms with van der Waals surface area (Å²) in [6, 6.07) is 6.41. The van der Waals surface area contributed by atoms with Crippen molar-refractivity contribution in [3.05, 3.63) is 33.4 Å². The molecule has 0 atom stereocenters.